The first-order valence-corrected chi connectivity index (χ1v) is 6.03. The van der Waals surface area contributed by atoms with Gasteiger partial charge in [-0.2, -0.15) is 0 Å². The zero-order chi connectivity index (χ0) is 10.1. The minimum Gasteiger partial charge on any atom is -0.316 e. The first kappa shape index (κ1) is 9.34. The summed E-state index contributed by atoms with van der Waals surface area (Å²) in [6, 6.07) is 4.35. The van der Waals surface area contributed by atoms with Crippen molar-refractivity contribution in [1.82, 2.24) is 10.3 Å². The highest BCUT2D eigenvalue weighted by molar-refractivity contribution is 5.27. The molecule has 2 heteroatoms. The van der Waals surface area contributed by atoms with Crippen LogP contribution in [0.2, 0.25) is 0 Å². The summed E-state index contributed by atoms with van der Waals surface area (Å²) in [6.07, 6.45) is 9.43. The van der Waals surface area contributed by atoms with Gasteiger partial charge in [0.1, 0.15) is 0 Å². The summed E-state index contributed by atoms with van der Waals surface area (Å²) in [7, 11) is 0. The molecule has 3 rings (SSSR count). The first-order chi connectivity index (χ1) is 7.42. The highest BCUT2D eigenvalue weighted by Crippen LogP contribution is 2.50. The number of hydrogen-bond donors (Lipinski definition) is 1. The van der Waals surface area contributed by atoms with E-state index in [1.54, 1.807) is 0 Å². The van der Waals surface area contributed by atoms with E-state index >= 15 is 0 Å². The molecule has 15 heavy (non-hydrogen) atoms. The molecule has 1 atom stereocenters. The van der Waals surface area contributed by atoms with Crippen LogP contribution < -0.4 is 5.32 Å². The van der Waals surface area contributed by atoms with Gasteiger partial charge in [-0.15, -0.1) is 0 Å². The third-order valence-corrected chi connectivity index (χ3v) is 4.32. The zero-order valence-corrected chi connectivity index (χ0v) is 9.08. The maximum atomic E-state index is 4.28. The molecule has 1 aliphatic heterocycles. The molecule has 1 aliphatic carbocycles. The van der Waals surface area contributed by atoms with Crippen LogP contribution in [-0.2, 0) is 5.41 Å². The Morgan fingerprint density at radius 2 is 2.33 bits per heavy atom. The van der Waals surface area contributed by atoms with Crippen LogP contribution in [0.15, 0.2) is 24.5 Å². The van der Waals surface area contributed by atoms with Crippen LogP contribution in [0, 0.1) is 5.92 Å². The largest absolute Gasteiger partial charge is 0.316 e. The van der Waals surface area contributed by atoms with E-state index in [4.69, 9.17) is 0 Å². The normalized spacial score (nSPS) is 28.7. The zero-order valence-electron chi connectivity index (χ0n) is 9.08. The smallest absolute Gasteiger partial charge is 0.0305 e. The number of nitrogens with one attached hydrogen (secondary N) is 1. The lowest BCUT2D eigenvalue weighted by molar-refractivity contribution is 0.156. The molecule has 2 nitrogen and oxygen atoms in total. The van der Waals surface area contributed by atoms with Crippen LogP contribution in [0.5, 0.6) is 0 Å². The lowest BCUT2D eigenvalue weighted by Gasteiger charge is -2.47. The molecule has 0 amide bonds. The van der Waals surface area contributed by atoms with E-state index in [0.717, 1.165) is 5.92 Å². The second kappa shape index (κ2) is 3.60. The van der Waals surface area contributed by atoms with Gasteiger partial charge in [0.05, 0.1) is 0 Å². The Hall–Kier alpha value is -0.890. The van der Waals surface area contributed by atoms with Crippen molar-refractivity contribution < 1.29 is 0 Å². The average Bonchev–Trinajstić information content (AvgIpc) is 2.72. The molecule has 0 bridgehead atoms. The first-order valence-electron chi connectivity index (χ1n) is 6.03. The van der Waals surface area contributed by atoms with Crippen LogP contribution in [0.1, 0.15) is 31.2 Å². The van der Waals surface area contributed by atoms with Gasteiger partial charge < -0.3 is 5.32 Å². The molecule has 1 unspecified atom stereocenters. The second-order valence-corrected chi connectivity index (χ2v) is 4.94. The summed E-state index contributed by atoms with van der Waals surface area (Å²) in [5.74, 6) is 0.843. The van der Waals surface area contributed by atoms with Gasteiger partial charge in [-0.1, -0.05) is 12.5 Å². The van der Waals surface area contributed by atoms with Crippen LogP contribution >= 0.6 is 0 Å². The van der Waals surface area contributed by atoms with E-state index < -0.39 is 0 Å². The summed E-state index contributed by atoms with van der Waals surface area (Å²) < 4.78 is 0. The van der Waals surface area contributed by atoms with Gasteiger partial charge in [0.25, 0.3) is 0 Å². The van der Waals surface area contributed by atoms with Crippen LogP contribution in [0.25, 0.3) is 0 Å². The summed E-state index contributed by atoms with van der Waals surface area (Å²) in [6.45, 7) is 2.40. The van der Waals surface area contributed by atoms with Gasteiger partial charge in [-0.3, -0.25) is 4.98 Å². The number of aromatic nitrogens is 1. The molecule has 1 aromatic rings. The van der Waals surface area contributed by atoms with E-state index in [9.17, 15) is 0 Å². The molecular weight excluding hydrogens is 184 g/mol. The topological polar surface area (TPSA) is 24.9 Å². The minimum absolute atomic E-state index is 0.470. The lowest BCUT2D eigenvalue weighted by Crippen LogP contribution is -2.42. The number of hydrogen-bond acceptors (Lipinski definition) is 2. The fourth-order valence-electron chi connectivity index (χ4n) is 3.27. The highest BCUT2D eigenvalue weighted by Gasteiger charge is 2.46. The Morgan fingerprint density at radius 1 is 1.40 bits per heavy atom. The van der Waals surface area contributed by atoms with Gasteiger partial charge in [-0.05, 0) is 49.9 Å². The summed E-state index contributed by atoms with van der Waals surface area (Å²) in [5.41, 5.74) is 1.95. The molecule has 0 spiro atoms. The molecule has 80 valence electrons. The van der Waals surface area contributed by atoms with Crippen molar-refractivity contribution in [2.24, 2.45) is 5.92 Å². The Kier molecular flexibility index (Phi) is 2.24. The van der Waals surface area contributed by atoms with Gasteiger partial charge in [0.15, 0.2) is 0 Å². The monoisotopic (exact) mass is 202 g/mol. The maximum absolute atomic E-state index is 4.28. The second-order valence-electron chi connectivity index (χ2n) is 4.94. The fraction of sp³-hybridized carbons (Fsp3) is 0.615. The van der Waals surface area contributed by atoms with Crippen molar-refractivity contribution in [2.75, 3.05) is 13.1 Å². The molecular formula is C13H18N2. The molecule has 2 aliphatic rings. The number of nitrogens with zero attached hydrogens (tertiary/aromatic N) is 1. The molecule has 1 saturated carbocycles. The van der Waals surface area contributed by atoms with E-state index in [-0.39, 0.29) is 0 Å². The van der Waals surface area contributed by atoms with E-state index in [0.29, 0.717) is 5.41 Å². The van der Waals surface area contributed by atoms with Crippen LogP contribution in [0.3, 0.4) is 0 Å². The van der Waals surface area contributed by atoms with Crippen molar-refractivity contribution >= 4 is 0 Å². The Balaban J connectivity index is 1.92. The highest BCUT2D eigenvalue weighted by atomic mass is 14.9. The minimum atomic E-state index is 0.470. The van der Waals surface area contributed by atoms with Gasteiger partial charge >= 0.3 is 0 Å². The third-order valence-electron chi connectivity index (χ3n) is 4.32. The third kappa shape index (κ3) is 1.39. The Labute approximate surface area is 91.1 Å². The summed E-state index contributed by atoms with van der Waals surface area (Å²) >= 11 is 0. The van der Waals surface area contributed by atoms with Crippen molar-refractivity contribution in [3.05, 3.63) is 30.1 Å². The SMILES string of the molecule is c1cncc(C2(C3CCNC3)CCC2)c1. The molecule has 0 aromatic carbocycles. The summed E-state index contributed by atoms with van der Waals surface area (Å²) in [4.78, 5) is 4.28. The summed E-state index contributed by atoms with van der Waals surface area (Å²) in [5, 5.41) is 3.50. The molecule has 2 heterocycles. The quantitative estimate of drug-likeness (QED) is 0.794. The predicted octanol–water partition coefficient (Wildman–Crippen LogP) is 2.11. The van der Waals surface area contributed by atoms with Crippen LogP contribution in [-0.4, -0.2) is 18.1 Å². The lowest BCUT2D eigenvalue weighted by atomic mass is 9.57. The number of rotatable bonds is 2. The standard InChI is InChI=1S/C13H18N2/c1-3-11(9-14-7-1)13(5-2-6-13)12-4-8-15-10-12/h1,3,7,9,12,15H,2,4-6,8,10H2. The Morgan fingerprint density at radius 3 is 2.87 bits per heavy atom. The molecule has 1 saturated heterocycles. The van der Waals surface area contributed by atoms with Crippen molar-refractivity contribution in [1.29, 1.82) is 0 Å². The van der Waals surface area contributed by atoms with Gasteiger partial charge in [0, 0.05) is 17.8 Å². The van der Waals surface area contributed by atoms with E-state index in [1.165, 1.54) is 44.3 Å². The van der Waals surface area contributed by atoms with Crippen LogP contribution in [0.4, 0.5) is 0 Å². The molecule has 2 fully saturated rings. The van der Waals surface area contributed by atoms with Crippen molar-refractivity contribution in [2.45, 2.75) is 31.1 Å². The predicted molar refractivity (Wildman–Crippen MR) is 60.7 cm³/mol. The fourth-order valence-corrected chi connectivity index (χ4v) is 3.27. The average molecular weight is 202 g/mol. The Bertz CT molecular complexity index is 324. The molecule has 0 radical (unpaired) electrons. The van der Waals surface area contributed by atoms with Gasteiger partial charge in [0.2, 0.25) is 0 Å². The van der Waals surface area contributed by atoms with E-state index in [2.05, 4.69) is 28.6 Å². The number of pyridine rings is 1. The molecule has 1 N–H and O–H groups in total. The van der Waals surface area contributed by atoms with Gasteiger partial charge in [-0.25, -0.2) is 0 Å². The van der Waals surface area contributed by atoms with E-state index in [1.807, 2.05) is 6.20 Å². The van der Waals surface area contributed by atoms with Crippen molar-refractivity contribution in [3.63, 3.8) is 0 Å². The molecule has 1 aromatic heterocycles. The maximum Gasteiger partial charge on any atom is 0.0305 e. The van der Waals surface area contributed by atoms with Crippen molar-refractivity contribution in [3.8, 4) is 0 Å².